The molecule has 408 valence electrons. The lowest BCUT2D eigenvalue weighted by Crippen LogP contribution is -2.61. The van der Waals surface area contributed by atoms with Crippen LogP contribution in [-0.2, 0) is 58.7 Å². The molecule has 0 aromatic heterocycles. The minimum atomic E-state index is -2.53. The number of fused-ring (bicyclic) bond motifs is 3. The number of carbonyl (C=O) groups excluding carboxylic acids is 5. The van der Waals surface area contributed by atoms with E-state index in [9.17, 15) is 48.1 Å². The summed E-state index contributed by atoms with van der Waals surface area (Å²) in [6.07, 6.45) is 10.1. The molecule has 72 heavy (non-hydrogen) atoms. The summed E-state index contributed by atoms with van der Waals surface area (Å²) in [5.74, 6) is -8.53. The van der Waals surface area contributed by atoms with E-state index in [1.165, 1.54) is 7.11 Å². The van der Waals surface area contributed by atoms with Crippen molar-refractivity contribution in [2.75, 3.05) is 26.5 Å². The number of cyclic esters (lactones) is 1. The summed E-state index contributed by atoms with van der Waals surface area (Å²) >= 11 is -2.05. The summed E-state index contributed by atoms with van der Waals surface area (Å²) in [4.78, 5) is 72.5. The lowest BCUT2D eigenvalue weighted by atomic mass is 9.78. The first-order valence-electron chi connectivity index (χ1n) is 26.2. The highest BCUT2D eigenvalue weighted by atomic mass is 32.2. The molecule has 0 spiro atoms. The number of ether oxygens (including phenoxy) is 5. The van der Waals surface area contributed by atoms with Gasteiger partial charge in [0.1, 0.15) is 30.1 Å². The zero-order valence-electron chi connectivity index (χ0n) is 44.8. The average molecular weight is 1030 g/mol. The lowest BCUT2D eigenvalue weighted by molar-refractivity contribution is -0.267. The number of esters is 1. The van der Waals surface area contributed by atoms with Crippen molar-refractivity contribution < 1.29 is 71.7 Å². The van der Waals surface area contributed by atoms with Crippen LogP contribution in [0.25, 0.3) is 0 Å². The van der Waals surface area contributed by atoms with Crippen LogP contribution in [0.5, 0.6) is 0 Å². The van der Waals surface area contributed by atoms with Crippen molar-refractivity contribution in [2.24, 2.45) is 35.5 Å². The number of hydrogen-bond donors (Lipinski definition) is 4. The minimum absolute atomic E-state index is 0.0175. The third-order valence-electron chi connectivity index (χ3n) is 15.5. The van der Waals surface area contributed by atoms with Gasteiger partial charge in [-0.05, 0) is 127 Å². The van der Waals surface area contributed by atoms with Gasteiger partial charge in [-0.3, -0.25) is 19.2 Å². The normalized spacial score (nSPS) is 38.3. The number of piperidine rings is 1. The van der Waals surface area contributed by atoms with Crippen molar-refractivity contribution in [2.45, 2.75) is 206 Å². The van der Waals surface area contributed by atoms with Crippen LogP contribution in [0.1, 0.15) is 146 Å². The Kier molecular flexibility index (Phi) is 23.9. The van der Waals surface area contributed by atoms with Crippen LogP contribution in [0.4, 0.5) is 0 Å². The number of rotatable bonds is 10. The molecule has 3 heterocycles. The van der Waals surface area contributed by atoms with Crippen LogP contribution in [0.2, 0.25) is 0 Å². The van der Waals surface area contributed by atoms with E-state index in [1.807, 2.05) is 65.0 Å². The van der Waals surface area contributed by atoms with E-state index in [2.05, 4.69) is 0 Å². The number of allylic oxidation sites excluding steroid dienone is 6. The molecule has 17 heteroatoms. The highest BCUT2D eigenvalue weighted by Crippen LogP contribution is 2.38. The molecule has 16 nitrogen and oxygen atoms in total. The van der Waals surface area contributed by atoms with E-state index in [0.717, 1.165) is 10.5 Å². The highest BCUT2D eigenvalue weighted by Gasteiger charge is 2.53. The number of nitrogens with zero attached hydrogens (tertiary/aromatic N) is 1. The molecule has 3 fully saturated rings. The standard InChI is InChI=1S/C55H87NO15S/c1-33-17-13-12-14-18-34(2)46(71-54(8,9)24-26-72(65)66)31-41-22-20-39(7)55(64,70-41)51(61)52(62)56-25-16-15-19-42(56)53(63)69-45(36(4)29-40-21-23-43(57)47(30-40)67-10)32-44(58)35(3)28-38(6)49(60)50(68-11)48(59)37(5)27-33/h12-14,17-18,28,33,35-37,39-43,45-47,49-50,57,60,64H,15-16,19-27,29-32H2,1-11H3,(H,65,66)/b14-12+,17-13+,34-18+,38-28+/t33-,35-,36-,37-,39-,40+,41+,42+,43-,45+,46+,47-,49-,50+,55-/m1/s1. The molecule has 2 saturated heterocycles. The monoisotopic (exact) mass is 1030 g/mol. The maximum absolute atomic E-state index is 14.5. The number of carbonyl (C=O) groups is 5. The molecule has 0 aromatic carbocycles. The smallest absolute Gasteiger partial charge is 0.329 e. The van der Waals surface area contributed by atoms with Gasteiger partial charge in [0.2, 0.25) is 5.79 Å². The first-order valence-corrected chi connectivity index (χ1v) is 27.5. The van der Waals surface area contributed by atoms with Gasteiger partial charge in [-0.1, -0.05) is 71.1 Å². The Labute approximate surface area is 431 Å². The summed E-state index contributed by atoms with van der Waals surface area (Å²) < 4.78 is 51.6. The molecule has 2 bridgehead atoms. The Hall–Kier alpha value is -3.26. The van der Waals surface area contributed by atoms with Crippen molar-refractivity contribution >= 4 is 40.3 Å². The van der Waals surface area contributed by atoms with Crippen LogP contribution >= 0.6 is 0 Å². The van der Waals surface area contributed by atoms with Crippen LogP contribution < -0.4 is 0 Å². The topological polar surface area (TPSA) is 233 Å². The van der Waals surface area contributed by atoms with Gasteiger partial charge in [-0.15, -0.1) is 0 Å². The van der Waals surface area contributed by atoms with Crippen molar-refractivity contribution in [1.29, 1.82) is 0 Å². The van der Waals surface area contributed by atoms with Gasteiger partial charge in [0.25, 0.3) is 11.7 Å². The summed E-state index contributed by atoms with van der Waals surface area (Å²) in [6, 6.07) is -1.19. The molecule has 4 aliphatic rings. The van der Waals surface area contributed by atoms with Crippen LogP contribution in [0, 0.1) is 35.5 Å². The van der Waals surface area contributed by atoms with Crippen molar-refractivity contribution in [3.05, 3.63) is 47.6 Å². The second kappa shape index (κ2) is 28.0. The zero-order valence-corrected chi connectivity index (χ0v) is 45.6. The molecule has 0 aromatic rings. The van der Waals surface area contributed by atoms with Gasteiger partial charge in [0.05, 0.1) is 35.8 Å². The molecular weight excluding hydrogens is 947 g/mol. The quantitative estimate of drug-likeness (QED) is 0.0751. The second-order valence-electron chi connectivity index (χ2n) is 22.0. The summed E-state index contributed by atoms with van der Waals surface area (Å²) in [5.41, 5.74) is 0.266. The van der Waals surface area contributed by atoms with Gasteiger partial charge in [-0.2, -0.15) is 0 Å². The van der Waals surface area contributed by atoms with Crippen LogP contribution in [0.15, 0.2) is 47.6 Å². The minimum Gasteiger partial charge on any atom is -0.460 e. The van der Waals surface area contributed by atoms with Gasteiger partial charge in [0, 0.05) is 51.4 Å². The average Bonchev–Trinajstić information content (AvgIpc) is 3.33. The van der Waals surface area contributed by atoms with Gasteiger partial charge in [-0.25, -0.2) is 9.00 Å². The molecule has 16 atom stereocenters. The molecule has 1 unspecified atom stereocenters. The maximum Gasteiger partial charge on any atom is 0.329 e. The van der Waals surface area contributed by atoms with Crippen molar-refractivity contribution in [3.63, 3.8) is 0 Å². The van der Waals surface area contributed by atoms with E-state index >= 15 is 0 Å². The van der Waals surface area contributed by atoms with Gasteiger partial charge < -0.3 is 48.5 Å². The van der Waals surface area contributed by atoms with Crippen molar-refractivity contribution in [1.82, 2.24) is 4.90 Å². The Bertz CT molecular complexity index is 2000. The van der Waals surface area contributed by atoms with Crippen LogP contribution in [0.3, 0.4) is 0 Å². The third-order valence-corrected chi connectivity index (χ3v) is 16.1. The van der Waals surface area contributed by atoms with Crippen LogP contribution in [-0.4, -0.2) is 145 Å². The zero-order chi connectivity index (χ0) is 53.7. The second-order valence-corrected chi connectivity index (χ2v) is 23.1. The predicted molar refractivity (Wildman–Crippen MR) is 274 cm³/mol. The summed E-state index contributed by atoms with van der Waals surface area (Å²) in [6.45, 7) is 16.2. The summed E-state index contributed by atoms with van der Waals surface area (Å²) in [7, 11) is 2.92. The maximum atomic E-state index is 14.5. The largest absolute Gasteiger partial charge is 0.460 e. The third kappa shape index (κ3) is 17.1. The molecule has 1 saturated carbocycles. The van der Waals surface area contributed by atoms with E-state index in [-0.39, 0.29) is 73.4 Å². The molecule has 4 rings (SSSR count). The Balaban J connectivity index is 1.75. The van der Waals surface area contributed by atoms with E-state index in [1.54, 1.807) is 40.9 Å². The Morgan fingerprint density at radius 2 is 1.61 bits per heavy atom. The molecule has 4 N–H and O–H groups in total. The predicted octanol–water partition coefficient (Wildman–Crippen LogP) is 6.94. The lowest BCUT2D eigenvalue weighted by Gasteiger charge is -2.43. The molecule has 1 aliphatic carbocycles. The fourth-order valence-corrected chi connectivity index (χ4v) is 11.4. The Morgan fingerprint density at radius 3 is 2.28 bits per heavy atom. The molecule has 0 radical (unpaired) electrons. The van der Waals surface area contributed by atoms with E-state index in [0.29, 0.717) is 63.4 Å². The molecule has 3 aliphatic heterocycles. The van der Waals surface area contributed by atoms with Gasteiger partial charge >= 0.3 is 5.97 Å². The number of hydrogen-bond acceptors (Lipinski definition) is 14. The number of aliphatic hydroxyl groups excluding tert-OH is 2. The summed E-state index contributed by atoms with van der Waals surface area (Å²) in [5, 5.41) is 34.2. The molecular formula is C55H87NO15S. The number of amides is 1. The fourth-order valence-electron chi connectivity index (χ4n) is 10.8. The van der Waals surface area contributed by atoms with E-state index in [4.69, 9.17) is 23.7 Å². The molecule has 1 amide bonds. The fraction of sp³-hybridized carbons (Fsp3) is 0.764. The first-order chi connectivity index (χ1) is 33.8. The number of ketones is 3. The van der Waals surface area contributed by atoms with Crippen molar-refractivity contribution in [3.8, 4) is 0 Å². The van der Waals surface area contributed by atoms with Gasteiger partial charge in [0.15, 0.2) is 16.9 Å². The number of Topliss-reactive ketones (excluding diaryl/α,β-unsaturated/α-hetero) is 3. The number of aliphatic hydroxyl groups is 3. The SMILES string of the molecule is CO[C@@H]1C[C@H](C[C@@H](C)[C@@H]2CC(=O)[C@H](C)/C=C(\C)[C@@H](O)[C@@H](OC)C(=O)[C@H](C)C[C@H](C)/C=C/C=C/C=C(\C)[C@@H](OC(C)(C)CCS(=O)O)C[C@@H]3CC[C@@H](C)[C@@](O)(O3)C(=O)C(=O)N3CCCC[C@H]3C(=O)O2)CC[C@H]1O. The Morgan fingerprint density at radius 1 is 0.903 bits per heavy atom. The highest BCUT2D eigenvalue weighted by molar-refractivity contribution is 7.79. The number of methoxy groups -OCH3 is 2. The first kappa shape index (κ1) is 61.3. The van der Waals surface area contributed by atoms with E-state index < -0.39 is 101 Å².